The van der Waals surface area contributed by atoms with Gasteiger partial charge in [0.05, 0.1) is 5.92 Å². The molecule has 0 aromatic carbocycles. The van der Waals surface area contributed by atoms with Crippen molar-refractivity contribution >= 4 is 12.0 Å². The van der Waals surface area contributed by atoms with E-state index in [2.05, 4.69) is 5.32 Å². The number of hydrogen-bond acceptors (Lipinski definition) is 2. The Kier molecular flexibility index (Phi) is 5.64. The molecule has 2 N–H and O–H groups in total. The van der Waals surface area contributed by atoms with Crippen LogP contribution in [0, 0.1) is 5.92 Å². The first-order valence-electron chi connectivity index (χ1n) is 6.56. The Morgan fingerprint density at radius 1 is 1.40 bits per heavy atom. The Morgan fingerprint density at radius 2 is 2.05 bits per heavy atom. The molecule has 0 aliphatic carbocycles. The van der Waals surface area contributed by atoms with Crippen molar-refractivity contribution in [2.75, 3.05) is 13.1 Å². The molecule has 0 spiro atoms. The maximum atomic E-state index is 12.8. The molecule has 2 unspecified atom stereocenters. The predicted molar refractivity (Wildman–Crippen MR) is 65.2 cm³/mol. The number of nitrogens with one attached hydrogen (secondary N) is 1. The molecule has 1 aliphatic heterocycles. The Bertz CT molecular complexity index is 360. The first-order valence-corrected chi connectivity index (χ1v) is 6.56. The van der Waals surface area contributed by atoms with Crippen molar-refractivity contribution in [2.45, 2.75) is 44.8 Å². The van der Waals surface area contributed by atoms with E-state index in [1.165, 1.54) is 11.8 Å². The molecule has 0 bridgehead atoms. The number of carboxylic acid groups (broad SMARTS) is 1. The number of hydrogen-bond donors (Lipinski definition) is 2. The van der Waals surface area contributed by atoms with Crippen LogP contribution in [-0.4, -0.2) is 47.3 Å². The van der Waals surface area contributed by atoms with Gasteiger partial charge in [0.2, 0.25) is 0 Å². The van der Waals surface area contributed by atoms with Gasteiger partial charge in [-0.1, -0.05) is 0 Å². The van der Waals surface area contributed by atoms with Gasteiger partial charge in [-0.05, 0) is 26.2 Å². The SMILES string of the molecule is CC1C(C(F)(F)F)CCCN1C(=O)NCCCC(=O)O. The highest BCUT2D eigenvalue weighted by Crippen LogP contribution is 2.37. The molecular formula is C12H19F3N2O3. The fraction of sp³-hybridized carbons (Fsp3) is 0.833. The van der Waals surface area contributed by atoms with Crippen molar-refractivity contribution in [3.8, 4) is 0 Å². The second kappa shape index (κ2) is 6.81. The number of halogens is 3. The van der Waals surface area contributed by atoms with Crippen LogP contribution in [-0.2, 0) is 4.79 Å². The van der Waals surface area contributed by atoms with E-state index in [9.17, 15) is 22.8 Å². The van der Waals surface area contributed by atoms with Crippen LogP contribution in [0.3, 0.4) is 0 Å². The van der Waals surface area contributed by atoms with Crippen molar-refractivity contribution in [2.24, 2.45) is 5.92 Å². The van der Waals surface area contributed by atoms with E-state index < -0.39 is 30.1 Å². The third kappa shape index (κ3) is 4.57. The lowest BCUT2D eigenvalue weighted by Crippen LogP contribution is -2.54. The van der Waals surface area contributed by atoms with Crippen LogP contribution in [0.15, 0.2) is 0 Å². The van der Waals surface area contributed by atoms with Crippen LogP contribution in [0.25, 0.3) is 0 Å². The zero-order valence-corrected chi connectivity index (χ0v) is 11.2. The summed E-state index contributed by atoms with van der Waals surface area (Å²) in [5, 5.41) is 10.9. The third-order valence-electron chi connectivity index (χ3n) is 3.51. The lowest BCUT2D eigenvalue weighted by molar-refractivity contribution is -0.195. The molecule has 0 aromatic heterocycles. The maximum Gasteiger partial charge on any atom is 0.393 e. The smallest absolute Gasteiger partial charge is 0.393 e. The summed E-state index contributed by atoms with van der Waals surface area (Å²) in [6, 6.07) is -1.46. The van der Waals surface area contributed by atoms with Gasteiger partial charge < -0.3 is 15.3 Å². The summed E-state index contributed by atoms with van der Waals surface area (Å²) in [5.74, 6) is -2.47. The fourth-order valence-electron chi connectivity index (χ4n) is 2.40. The summed E-state index contributed by atoms with van der Waals surface area (Å²) in [4.78, 5) is 23.3. The number of carboxylic acids is 1. The summed E-state index contributed by atoms with van der Waals surface area (Å²) in [7, 11) is 0. The van der Waals surface area contributed by atoms with E-state index in [0.717, 1.165) is 0 Å². The molecule has 1 rings (SSSR count). The second-order valence-electron chi connectivity index (χ2n) is 4.95. The minimum Gasteiger partial charge on any atom is -0.481 e. The number of urea groups is 1. The number of amides is 2. The Morgan fingerprint density at radius 3 is 2.60 bits per heavy atom. The highest BCUT2D eigenvalue weighted by atomic mass is 19.4. The van der Waals surface area contributed by atoms with Gasteiger partial charge >= 0.3 is 18.2 Å². The second-order valence-corrected chi connectivity index (χ2v) is 4.95. The molecule has 0 aromatic rings. The lowest BCUT2D eigenvalue weighted by Gasteiger charge is -2.40. The summed E-state index contributed by atoms with van der Waals surface area (Å²) in [6.07, 6.45) is -3.78. The number of likely N-dealkylation sites (tertiary alicyclic amines) is 1. The van der Waals surface area contributed by atoms with E-state index in [4.69, 9.17) is 5.11 Å². The van der Waals surface area contributed by atoms with Gasteiger partial charge in [-0.15, -0.1) is 0 Å². The molecule has 1 heterocycles. The Hall–Kier alpha value is -1.47. The zero-order valence-electron chi connectivity index (χ0n) is 11.2. The molecule has 5 nitrogen and oxygen atoms in total. The summed E-state index contributed by atoms with van der Waals surface area (Å²) in [6.45, 7) is 1.83. The molecule has 0 radical (unpaired) electrons. The average molecular weight is 296 g/mol. The van der Waals surface area contributed by atoms with Crippen molar-refractivity contribution in [3.05, 3.63) is 0 Å². The highest BCUT2D eigenvalue weighted by molar-refractivity contribution is 5.74. The Balaban J connectivity index is 2.48. The number of carbonyl (C=O) groups excluding carboxylic acids is 1. The Labute approximate surface area is 115 Å². The van der Waals surface area contributed by atoms with Gasteiger partial charge in [-0.25, -0.2) is 4.79 Å². The van der Waals surface area contributed by atoms with Crippen molar-refractivity contribution < 1.29 is 27.9 Å². The van der Waals surface area contributed by atoms with Crippen molar-refractivity contribution in [1.82, 2.24) is 10.2 Å². The average Bonchev–Trinajstić information content (AvgIpc) is 2.33. The number of nitrogens with zero attached hydrogens (tertiary/aromatic N) is 1. The number of carbonyl (C=O) groups is 2. The molecule has 2 amide bonds. The van der Waals surface area contributed by atoms with Crippen molar-refractivity contribution in [3.63, 3.8) is 0 Å². The van der Waals surface area contributed by atoms with E-state index in [1.807, 2.05) is 0 Å². The number of aliphatic carboxylic acids is 1. The van der Waals surface area contributed by atoms with Gasteiger partial charge in [0.25, 0.3) is 0 Å². The minimum absolute atomic E-state index is 0.0352. The summed E-state index contributed by atoms with van der Waals surface area (Å²) < 4.78 is 38.4. The third-order valence-corrected chi connectivity index (χ3v) is 3.51. The predicted octanol–water partition coefficient (Wildman–Crippen LogP) is 2.22. The molecule has 2 atom stereocenters. The summed E-state index contributed by atoms with van der Waals surface area (Å²) >= 11 is 0. The lowest BCUT2D eigenvalue weighted by atomic mass is 9.90. The maximum absolute atomic E-state index is 12.8. The molecular weight excluding hydrogens is 277 g/mol. The van der Waals surface area contributed by atoms with Crippen LogP contribution in [0.4, 0.5) is 18.0 Å². The van der Waals surface area contributed by atoms with Crippen LogP contribution < -0.4 is 5.32 Å². The zero-order chi connectivity index (χ0) is 15.3. The first-order chi connectivity index (χ1) is 9.23. The molecule has 1 aliphatic rings. The minimum atomic E-state index is -4.30. The van der Waals surface area contributed by atoms with Gasteiger partial charge in [0.15, 0.2) is 0 Å². The number of rotatable bonds is 4. The van der Waals surface area contributed by atoms with Gasteiger partial charge in [-0.2, -0.15) is 13.2 Å². The van der Waals surface area contributed by atoms with Crippen LogP contribution in [0.2, 0.25) is 0 Å². The fourth-order valence-corrected chi connectivity index (χ4v) is 2.40. The van der Waals surface area contributed by atoms with Crippen LogP contribution in [0.1, 0.15) is 32.6 Å². The van der Waals surface area contributed by atoms with Crippen LogP contribution in [0.5, 0.6) is 0 Å². The number of alkyl halides is 3. The normalized spacial score (nSPS) is 23.5. The molecule has 1 fully saturated rings. The van der Waals surface area contributed by atoms with Gasteiger partial charge in [-0.3, -0.25) is 4.79 Å². The molecule has 0 saturated carbocycles. The van der Waals surface area contributed by atoms with E-state index in [0.29, 0.717) is 13.0 Å². The first kappa shape index (κ1) is 16.6. The van der Waals surface area contributed by atoms with Crippen molar-refractivity contribution in [1.29, 1.82) is 0 Å². The van der Waals surface area contributed by atoms with Crippen LogP contribution >= 0.6 is 0 Å². The molecule has 20 heavy (non-hydrogen) atoms. The molecule has 8 heteroatoms. The molecule has 116 valence electrons. The van der Waals surface area contributed by atoms with E-state index in [1.54, 1.807) is 0 Å². The molecule has 1 saturated heterocycles. The number of piperidine rings is 1. The largest absolute Gasteiger partial charge is 0.481 e. The van der Waals surface area contributed by atoms with Gasteiger partial charge in [0.1, 0.15) is 0 Å². The van der Waals surface area contributed by atoms with E-state index in [-0.39, 0.29) is 25.8 Å². The standard InChI is InChI=1S/C12H19F3N2O3/c1-8-9(12(13,14)15)4-3-7-17(8)11(20)16-6-2-5-10(18)19/h8-9H,2-7H2,1H3,(H,16,20)(H,18,19). The van der Waals surface area contributed by atoms with Gasteiger partial charge in [0, 0.05) is 25.6 Å². The topological polar surface area (TPSA) is 69.6 Å². The highest BCUT2D eigenvalue weighted by Gasteiger charge is 2.47. The summed E-state index contributed by atoms with van der Waals surface area (Å²) in [5.41, 5.74) is 0. The van der Waals surface area contributed by atoms with E-state index >= 15 is 0 Å². The quantitative estimate of drug-likeness (QED) is 0.782. The monoisotopic (exact) mass is 296 g/mol.